The molecular weight excluding hydrogens is 420 g/mol. The normalized spacial score (nSPS) is 11.2. The molecule has 2 aromatic carbocycles. The van der Waals surface area contributed by atoms with Crippen LogP contribution in [-0.2, 0) is 21.2 Å². The lowest BCUT2D eigenvalue weighted by Crippen LogP contribution is -2.30. The molecule has 1 N–H and O–H groups in total. The molecule has 156 valence electrons. The standard InChI is InChI=1S/C19H15F2N3O5S/c1-29-15-3-2-4-16(10-15)30(27,28)18-5-6-19(26)24(23-18)11-17(25)22-14-8-12(20)7-13(21)9-14/h2-10H,11H2,1H3,(H,22,25). The van der Waals surface area contributed by atoms with Crippen molar-refractivity contribution in [3.8, 4) is 5.75 Å². The van der Waals surface area contributed by atoms with E-state index in [0.29, 0.717) is 16.5 Å². The number of rotatable bonds is 6. The monoisotopic (exact) mass is 435 g/mol. The first-order valence-electron chi connectivity index (χ1n) is 8.42. The van der Waals surface area contributed by atoms with Crippen LogP contribution in [-0.4, -0.2) is 31.2 Å². The molecule has 0 radical (unpaired) electrons. The Morgan fingerprint density at radius 3 is 2.47 bits per heavy atom. The van der Waals surface area contributed by atoms with Crippen molar-refractivity contribution in [3.05, 3.63) is 76.6 Å². The largest absolute Gasteiger partial charge is 0.497 e. The van der Waals surface area contributed by atoms with E-state index in [-0.39, 0.29) is 10.6 Å². The molecule has 0 aliphatic carbocycles. The van der Waals surface area contributed by atoms with Gasteiger partial charge in [-0.3, -0.25) is 9.59 Å². The molecule has 1 heterocycles. The summed E-state index contributed by atoms with van der Waals surface area (Å²) in [6.07, 6.45) is 0. The number of hydrogen-bond donors (Lipinski definition) is 1. The SMILES string of the molecule is COc1cccc(S(=O)(=O)c2ccc(=O)n(CC(=O)Nc3cc(F)cc(F)c3)n2)c1. The predicted octanol–water partition coefficient (Wildman–Crippen LogP) is 2.00. The summed E-state index contributed by atoms with van der Waals surface area (Å²) in [6.45, 7) is -0.668. The van der Waals surface area contributed by atoms with E-state index in [1.807, 2.05) is 0 Å². The van der Waals surface area contributed by atoms with Gasteiger partial charge in [-0.15, -0.1) is 0 Å². The van der Waals surface area contributed by atoms with E-state index in [1.54, 1.807) is 6.07 Å². The fourth-order valence-corrected chi connectivity index (χ4v) is 3.76. The molecule has 1 aromatic heterocycles. The Kier molecular flexibility index (Phi) is 5.92. The molecule has 0 unspecified atom stereocenters. The number of carbonyl (C=O) groups is 1. The van der Waals surface area contributed by atoms with Gasteiger partial charge in [-0.05, 0) is 36.4 Å². The molecule has 8 nitrogen and oxygen atoms in total. The summed E-state index contributed by atoms with van der Waals surface area (Å²) >= 11 is 0. The Morgan fingerprint density at radius 2 is 1.80 bits per heavy atom. The van der Waals surface area contributed by atoms with Crippen molar-refractivity contribution in [2.45, 2.75) is 16.5 Å². The maximum absolute atomic E-state index is 13.2. The van der Waals surface area contributed by atoms with Crippen LogP contribution in [0.5, 0.6) is 5.75 Å². The molecular formula is C19H15F2N3O5S. The van der Waals surface area contributed by atoms with Crippen LogP contribution in [0.15, 0.2) is 69.3 Å². The van der Waals surface area contributed by atoms with Crippen molar-refractivity contribution < 1.29 is 26.7 Å². The zero-order valence-electron chi connectivity index (χ0n) is 15.5. The van der Waals surface area contributed by atoms with E-state index in [0.717, 1.165) is 24.3 Å². The Labute approximate surface area is 169 Å². The van der Waals surface area contributed by atoms with Gasteiger partial charge in [-0.2, -0.15) is 5.10 Å². The zero-order valence-corrected chi connectivity index (χ0v) is 16.3. The number of nitrogens with zero attached hydrogens (tertiary/aromatic N) is 2. The lowest BCUT2D eigenvalue weighted by atomic mass is 10.3. The molecule has 0 atom stereocenters. The van der Waals surface area contributed by atoms with Gasteiger partial charge in [-0.1, -0.05) is 6.07 Å². The van der Waals surface area contributed by atoms with E-state index < -0.39 is 44.5 Å². The molecule has 30 heavy (non-hydrogen) atoms. The van der Waals surface area contributed by atoms with Crippen LogP contribution in [0.25, 0.3) is 0 Å². The van der Waals surface area contributed by atoms with Crippen LogP contribution in [0.4, 0.5) is 14.5 Å². The molecule has 1 amide bonds. The Balaban J connectivity index is 1.87. The molecule has 0 aliphatic rings. The highest BCUT2D eigenvalue weighted by atomic mass is 32.2. The second-order valence-electron chi connectivity index (χ2n) is 6.06. The van der Waals surface area contributed by atoms with Crippen molar-refractivity contribution in [2.75, 3.05) is 12.4 Å². The number of anilines is 1. The van der Waals surface area contributed by atoms with Crippen LogP contribution in [0.3, 0.4) is 0 Å². The van der Waals surface area contributed by atoms with Crippen molar-refractivity contribution in [1.82, 2.24) is 9.78 Å². The van der Waals surface area contributed by atoms with Crippen molar-refractivity contribution in [2.24, 2.45) is 0 Å². The van der Waals surface area contributed by atoms with Gasteiger partial charge in [0.2, 0.25) is 15.7 Å². The van der Waals surface area contributed by atoms with E-state index >= 15 is 0 Å². The van der Waals surface area contributed by atoms with Gasteiger partial charge in [0.15, 0.2) is 5.03 Å². The van der Waals surface area contributed by atoms with E-state index in [9.17, 15) is 26.8 Å². The highest BCUT2D eigenvalue weighted by molar-refractivity contribution is 7.91. The molecule has 0 saturated heterocycles. The summed E-state index contributed by atoms with van der Waals surface area (Å²) in [5, 5.41) is 5.52. The first-order chi connectivity index (χ1) is 14.2. The number of sulfone groups is 1. The maximum atomic E-state index is 13.2. The fourth-order valence-electron chi connectivity index (χ4n) is 2.54. The molecule has 3 rings (SSSR count). The second-order valence-corrected chi connectivity index (χ2v) is 7.95. The first kappa shape index (κ1) is 21.1. The second kappa shape index (κ2) is 8.41. The third kappa shape index (κ3) is 4.69. The number of aromatic nitrogens is 2. The molecule has 11 heteroatoms. The number of nitrogens with one attached hydrogen (secondary N) is 1. The van der Waals surface area contributed by atoms with Crippen LogP contribution < -0.4 is 15.6 Å². The molecule has 0 spiro atoms. The van der Waals surface area contributed by atoms with Crippen LogP contribution in [0, 0.1) is 11.6 Å². The third-order valence-electron chi connectivity index (χ3n) is 3.91. The number of methoxy groups -OCH3 is 1. The van der Waals surface area contributed by atoms with Crippen molar-refractivity contribution >= 4 is 21.4 Å². The number of carbonyl (C=O) groups excluding carboxylic acids is 1. The van der Waals surface area contributed by atoms with Gasteiger partial charge in [0.05, 0.1) is 12.0 Å². The van der Waals surface area contributed by atoms with Crippen LogP contribution in [0.2, 0.25) is 0 Å². The van der Waals surface area contributed by atoms with Gasteiger partial charge in [0, 0.05) is 17.8 Å². The average Bonchev–Trinajstić information content (AvgIpc) is 2.68. The maximum Gasteiger partial charge on any atom is 0.267 e. The van der Waals surface area contributed by atoms with Crippen molar-refractivity contribution in [1.29, 1.82) is 0 Å². The van der Waals surface area contributed by atoms with Gasteiger partial charge >= 0.3 is 0 Å². The Hall–Kier alpha value is -3.60. The number of hydrogen-bond acceptors (Lipinski definition) is 6. The summed E-state index contributed by atoms with van der Waals surface area (Å²) in [7, 11) is -2.72. The summed E-state index contributed by atoms with van der Waals surface area (Å²) in [4.78, 5) is 24.1. The smallest absolute Gasteiger partial charge is 0.267 e. The molecule has 0 saturated carbocycles. The minimum atomic E-state index is -4.10. The summed E-state index contributed by atoms with van der Waals surface area (Å²) in [5.74, 6) is -2.31. The lowest BCUT2D eigenvalue weighted by Gasteiger charge is -2.09. The average molecular weight is 435 g/mol. The molecule has 0 aliphatic heterocycles. The highest BCUT2D eigenvalue weighted by Gasteiger charge is 2.21. The Morgan fingerprint density at radius 1 is 1.10 bits per heavy atom. The quantitative estimate of drug-likeness (QED) is 0.635. The van der Waals surface area contributed by atoms with Crippen molar-refractivity contribution in [3.63, 3.8) is 0 Å². The topological polar surface area (TPSA) is 107 Å². The van der Waals surface area contributed by atoms with Gasteiger partial charge in [0.1, 0.15) is 23.9 Å². The lowest BCUT2D eigenvalue weighted by molar-refractivity contribution is -0.117. The minimum absolute atomic E-state index is 0.112. The summed E-state index contributed by atoms with van der Waals surface area (Å²) in [5.41, 5.74) is -0.897. The first-order valence-corrected chi connectivity index (χ1v) is 9.90. The summed E-state index contributed by atoms with van der Waals surface area (Å²) < 4.78 is 57.7. The predicted molar refractivity (Wildman–Crippen MR) is 102 cm³/mol. The summed E-state index contributed by atoms with van der Waals surface area (Å²) in [6, 6.07) is 10.1. The van der Waals surface area contributed by atoms with Crippen LogP contribution in [0.1, 0.15) is 0 Å². The number of benzene rings is 2. The highest BCUT2D eigenvalue weighted by Crippen LogP contribution is 2.22. The van der Waals surface area contributed by atoms with Gasteiger partial charge < -0.3 is 10.1 Å². The molecule has 0 bridgehead atoms. The van der Waals surface area contributed by atoms with E-state index in [1.165, 1.54) is 25.3 Å². The minimum Gasteiger partial charge on any atom is -0.497 e. The number of halogens is 2. The number of amides is 1. The van der Waals surface area contributed by atoms with E-state index in [4.69, 9.17) is 4.74 Å². The Bertz CT molecular complexity index is 1250. The molecule has 3 aromatic rings. The van der Waals surface area contributed by atoms with Crippen LogP contribution >= 0.6 is 0 Å². The zero-order chi connectivity index (χ0) is 21.9. The van der Waals surface area contributed by atoms with E-state index in [2.05, 4.69) is 10.4 Å². The van der Waals surface area contributed by atoms with Gasteiger partial charge in [0.25, 0.3) is 5.56 Å². The fraction of sp³-hybridized carbons (Fsp3) is 0.105. The number of ether oxygens (including phenoxy) is 1. The van der Waals surface area contributed by atoms with Gasteiger partial charge in [-0.25, -0.2) is 21.9 Å². The molecule has 0 fully saturated rings. The third-order valence-corrected chi connectivity index (χ3v) is 5.55.